The second-order valence-corrected chi connectivity index (χ2v) is 2.86. The van der Waals surface area contributed by atoms with Gasteiger partial charge in [-0.3, -0.25) is 4.79 Å². The lowest BCUT2D eigenvalue weighted by molar-refractivity contribution is -0.125. The highest BCUT2D eigenvalue weighted by molar-refractivity contribution is 5.85. The summed E-state index contributed by atoms with van der Waals surface area (Å²) in [7, 11) is 0. The lowest BCUT2D eigenvalue weighted by atomic mass is 10.2. The van der Waals surface area contributed by atoms with Gasteiger partial charge in [0.2, 0.25) is 0 Å². The molecule has 1 rings (SSSR count). The van der Waals surface area contributed by atoms with Crippen LogP contribution in [0.25, 0.3) is 0 Å². The first-order valence-corrected chi connectivity index (χ1v) is 4.15. The number of rotatable bonds is 5. The molecule has 1 amide bonds. The van der Waals surface area contributed by atoms with E-state index in [1.165, 1.54) is 0 Å². The van der Waals surface area contributed by atoms with Crippen LogP contribution in [0.3, 0.4) is 0 Å². The normalized spacial score (nSPS) is 22.9. The van der Waals surface area contributed by atoms with Gasteiger partial charge in [0.05, 0.1) is 12.6 Å². The molecule has 0 radical (unpaired) electrons. The molecule has 1 aliphatic heterocycles. The van der Waals surface area contributed by atoms with Gasteiger partial charge < -0.3 is 14.8 Å². The quantitative estimate of drug-likeness (QED) is 0.463. The van der Waals surface area contributed by atoms with Crippen LogP contribution in [0, 0.1) is 0 Å². The van der Waals surface area contributed by atoms with E-state index in [4.69, 9.17) is 4.74 Å². The maximum Gasteiger partial charge on any atom is 0.252 e. The Hall–Kier alpha value is -0.900. The third kappa shape index (κ3) is 2.62. The molecule has 1 fully saturated rings. The van der Waals surface area contributed by atoms with Gasteiger partial charge in [-0.2, -0.15) is 0 Å². The number of hydrogen-bond donors (Lipinski definition) is 1. The highest BCUT2D eigenvalue weighted by atomic mass is 16.6. The molecular weight excluding hydrogens is 158 g/mol. The van der Waals surface area contributed by atoms with Gasteiger partial charge in [0, 0.05) is 0 Å². The van der Waals surface area contributed by atoms with Gasteiger partial charge in [0.15, 0.2) is 6.10 Å². The summed E-state index contributed by atoms with van der Waals surface area (Å²) in [5.74, 6) is -0.166. The number of carbonyl (C=O) groups excluding carboxylic acids is 2. The zero-order valence-electron chi connectivity index (χ0n) is 7.08. The van der Waals surface area contributed by atoms with Crippen LogP contribution in [0.15, 0.2) is 0 Å². The number of hydrogen-bond acceptors (Lipinski definition) is 3. The van der Waals surface area contributed by atoms with Crippen molar-refractivity contribution in [3.05, 3.63) is 0 Å². The lowest BCUT2D eigenvalue weighted by Gasteiger charge is -2.09. The summed E-state index contributed by atoms with van der Waals surface area (Å²) in [6.45, 7) is 2.46. The Kier molecular flexibility index (Phi) is 3.22. The third-order valence-corrected chi connectivity index (χ3v) is 1.72. The molecule has 1 N–H and O–H groups in total. The summed E-state index contributed by atoms with van der Waals surface area (Å²) in [6.07, 6.45) is 2.05. The maximum atomic E-state index is 11.1. The number of aldehydes is 1. The first kappa shape index (κ1) is 9.19. The van der Waals surface area contributed by atoms with E-state index in [9.17, 15) is 9.59 Å². The Labute approximate surface area is 71.3 Å². The zero-order chi connectivity index (χ0) is 8.97. The molecular formula is C8H13NO3. The molecule has 0 aliphatic carbocycles. The maximum absolute atomic E-state index is 11.1. The lowest BCUT2D eigenvalue weighted by Crippen LogP contribution is -2.38. The van der Waals surface area contributed by atoms with Crippen molar-refractivity contribution in [2.45, 2.75) is 31.9 Å². The molecule has 0 bridgehead atoms. The summed E-state index contributed by atoms with van der Waals surface area (Å²) in [6, 6.07) is -0.341. The smallest absolute Gasteiger partial charge is 0.252 e. The van der Waals surface area contributed by atoms with Crippen LogP contribution in [0.5, 0.6) is 0 Å². The van der Waals surface area contributed by atoms with Gasteiger partial charge in [-0.15, -0.1) is 0 Å². The van der Waals surface area contributed by atoms with Crippen LogP contribution < -0.4 is 5.32 Å². The molecule has 0 aromatic carbocycles. The van der Waals surface area contributed by atoms with E-state index in [0.717, 1.165) is 12.7 Å². The molecule has 12 heavy (non-hydrogen) atoms. The second-order valence-electron chi connectivity index (χ2n) is 2.86. The van der Waals surface area contributed by atoms with Crippen LogP contribution in [0.2, 0.25) is 0 Å². The Bertz CT molecular complexity index is 177. The van der Waals surface area contributed by atoms with Gasteiger partial charge in [-0.1, -0.05) is 13.3 Å². The van der Waals surface area contributed by atoms with Gasteiger partial charge in [-0.05, 0) is 6.42 Å². The largest absolute Gasteiger partial charge is 0.363 e. The van der Waals surface area contributed by atoms with E-state index in [0.29, 0.717) is 13.0 Å². The third-order valence-electron chi connectivity index (χ3n) is 1.72. The predicted molar refractivity (Wildman–Crippen MR) is 42.6 cm³/mol. The topological polar surface area (TPSA) is 58.7 Å². The van der Waals surface area contributed by atoms with E-state index >= 15 is 0 Å². The number of nitrogens with one attached hydrogen (secondary N) is 1. The van der Waals surface area contributed by atoms with E-state index in [1.807, 2.05) is 6.92 Å². The van der Waals surface area contributed by atoms with Gasteiger partial charge in [0.25, 0.3) is 5.91 Å². The molecule has 1 aliphatic rings. The standard InChI is InChI=1S/C8H13NO3/c1-2-3-6(4-10)9-8(11)7-5-12-7/h4,6-7H,2-3,5H2,1H3,(H,9,11)/t6-,7?/m0/s1. The number of epoxide rings is 1. The summed E-state index contributed by atoms with van der Waals surface area (Å²) >= 11 is 0. The minimum absolute atomic E-state index is 0.166. The predicted octanol–water partition coefficient (Wildman–Crippen LogP) is -0.131. The average Bonchev–Trinajstić information content (AvgIpc) is 2.85. The SMILES string of the molecule is CCC[C@@H](C=O)NC(=O)C1CO1. The van der Waals surface area contributed by atoms with Crippen molar-refractivity contribution in [3.8, 4) is 0 Å². The van der Waals surface area contributed by atoms with Crippen molar-refractivity contribution < 1.29 is 14.3 Å². The molecule has 4 heteroatoms. The van der Waals surface area contributed by atoms with Crippen molar-refractivity contribution in [2.75, 3.05) is 6.61 Å². The van der Waals surface area contributed by atoms with Gasteiger partial charge >= 0.3 is 0 Å². The zero-order valence-corrected chi connectivity index (χ0v) is 7.08. The van der Waals surface area contributed by atoms with Crippen LogP contribution in [0.1, 0.15) is 19.8 Å². The second kappa shape index (κ2) is 4.21. The summed E-state index contributed by atoms with van der Waals surface area (Å²) < 4.78 is 4.77. The molecule has 0 aromatic heterocycles. The molecule has 68 valence electrons. The van der Waals surface area contributed by atoms with Crippen molar-refractivity contribution in [2.24, 2.45) is 0 Å². The van der Waals surface area contributed by atoms with Gasteiger partial charge in [-0.25, -0.2) is 0 Å². The monoisotopic (exact) mass is 171 g/mol. The van der Waals surface area contributed by atoms with Crippen LogP contribution in [-0.4, -0.2) is 30.9 Å². The number of ether oxygens (including phenoxy) is 1. The molecule has 1 unspecified atom stereocenters. The molecule has 0 spiro atoms. The Balaban J connectivity index is 2.24. The molecule has 2 atom stereocenters. The van der Waals surface area contributed by atoms with Gasteiger partial charge in [0.1, 0.15) is 6.29 Å². The Morgan fingerprint density at radius 1 is 1.83 bits per heavy atom. The van der Waals surface area contributed by atoms with Crippen LogP contribution in [-0.2, 0) is 14.3 Å². The summed E-state index contributed by atoms with van der Waals surface area (Å²) in [5.41, 5.74) is 0. The first-order valence-electron chi connectivity index (χ1n) is 4.15. The fourth-order valence-corrected chi connectivity index (χ4v) is 0.960. The Morgan fingerprint density at radius 3 is 2.92 bits per heavy atom. The van der Waals surface area contributed by atoms with Crippen molar-refractivity contribution in [1.29, 1.82) is 0 Å². The highest BCUT2D eigenvalue weighted by Gasteiger charge is 2.32. The molecule has 1 heterocycles. The van der Waals surface area contributed by atoms with Crippen molar-refractivity contribution in [3.63, 3.8) is 0 Å². The minimum Gasteiger partial charge on any atom is -0.363 e. The van der Waals surface area contributed by atoms with Crippen LogP contribution >= 0.6 is 0 Å². The molecule has 0 saturated carbocycles. The number of carbonyl (C=O) groups is 2. The van der Waals surface area contributed by atoms with E-state index in [-0.39, 0.29) is 18.1 Å². The van der Waals surface area contributed by atoms with Crippen molar-refractivity contribution in [1.82, 2.24) is 5.32 Å². The fourth-order valence-electron chi connectivity index (χ4n) is 0.960. The molecule has 0 aromatic rings. The minimum atomic E-state index is -0.341. The van der Waals surface area contributed by atoms with Crippen LogP contribution in [0.4, 0.5) is 0 Å². The fraction of sp³-hybridized carbons (Fsp3) is 0.750. The number of amides is 1. The van der Waals surface area contributed by atoms with Crippen molar-refractivity contribution >= 4 is 12.2 Å². The van der Waals surface area contributed by atoms with E-state index in [2.05, 4.69) is 5.32 Å². The van der Waals surface area contributed by atoms with E-state index < -0.39 is 0 Å². The average molecular weight is 171 g/mol. The highest BCUT2D eigenvalue weighted by Crippen LogP contribution is 2.08. The van der Waals surface area contributed by atoms with E-state index in [1.54, 1.807) is 0 Å². The molecule has 4 nitrogen and oxygen atoms in total. The summed E-state index contributed by atoms with van der Waals surface area (Å²) in [4.78, 5) is 21.5. The molecule has 1 saturated heterocycles. The first-order chi connectivity index (χ1) is 5.77. The Morgan fingerprint density at radius 2 is 2.50 bits per heavy atom. The summed E-state index contributed by atoms with van der Waals surface area (Å²) in [5, 5.41) is 2.60.